The number of aliphatic hydroxyl groups excluding tert-OH is 1. The second-order valence-electron chi connectivity index (χ2n) is 6.75. The fourth-order valence-electron chi connectivity index (χ4n) is 4.22. The molecule has 0 aromatic heterocycles. The maximum absolute atomic E-state index is 12.6. The van der Waals surface area contributed by atoms with Gasteiger partial charge < -0.3 is 15.7 Å². The first-order chi connectivity index (χ1) is 11.4. The summed E-state index contributed by atoms with van der Waals surface area (Å²) in [5, 5.41) is 14.9. The first-order valence-corrected chi connectivity index (χ1v) is 8.20. The maximum Gasteiger partial charge on any atom is 0.393 e. The average Bonchev–Trinajstić information content (AvgIpc) is 3.09. The van der Waals surface area contributed by atoms with Crippen molar-refractivity contribution in [2.45, 2.75) is 37.9 Å². The Morgan fingerprint density at radius 2 is 1.92 bits per heavy atom. The van der Waals surface area contributed by atoms with Gasteiger partial charge >= 0.3 is 12.2 Å². The van der Waals surface area contributed by atoms with Gasteiger partial charge in [0, 0.05) is 24.3 Å². The highest BCUT2D eigenvalue weighted by molar-refractivity contribution is 5.90. The standard InChI is InChI=1S/C17H21F3N2O2/c18-17(19,20)8-12-3-1-2-4-14(12)21-16(24)22-15-11-6-5-10(7-11)13(15)9-23/h1-4,10-11,13,15,23H,5-9H2,(H2,21,22,24)/t10-,11-,13+,15+/m0/s1. The Labute approximate surface area is 138 Å². The quantitative estimate of drug-likeness (QED) is 0.786. The van der Waals surface area contributed by atoms with E-state index in [1.807, 2.05) is 0 Å². The molecule has 4 nitrogen and oxygen atoms in total. The van der Waals surface area contributed by atoms with Gasteiger partial charge in [0.15, 0.2) is 0 Å². The van der Waals surface area contributed by atoms with Crippen LogP contribution in [0.15, 0.2) is 24.3 Å². The summed E-state index contributed by atoms with van der Waals surface area (Å²) in [7, 11) is 0. The summed E-state index contributed by atoms with van der Waals surface area (Å²) in [5.74, 6) is 0.825. The predicted molar refractivity (Wildman–Crippen MR) is 83.6 cm³/mol. The number of hydrogen-bond donors (Lipinski definition) is 3. The third kappa shape index (κ3) is 3.66. The smallest absolute Gasteiger partial charge is 0.393 e. The molecule has 0 spiro atoms. The Morgan fingerprint density at radius 1 is 1.21 bits per heavy atom. The number of rotatable bonds is 4. The summed E-state index contributed by atoms with van der Waals surface area (Å²) in [4.78, 5) is 12.2. The molecule has 132 valence electrons. The molecule has 2 aliphatic rings. The Balaban J connectivity index is 1.65. The van der Waals surface area contributed by atoms with Crippen molar-refractivity contribution in [2.75, 3.05) is 11.9 Å². The molecular weight excluding hydrogens is 321 g/mol. The van der Waals surface area contributed by atoms with Gasteiger partial charge in [-0.05, 0) is 42.7 Å². The fourth-order valence-corrected chi connectivity index (χ4v) is 4.22. The molecule has 0 aliphatic heterocycles. The predicted octanol–water partition coefficient (Wildman–Crippen LogP) is 3.32. The zero-order valence-electron chi connectivity index (χ0n) is 13.1. The van der Waals surface area contributed by atoms with E-state index in [9.17, 15) is 23.1 Å². The molecule has 4 atom stereocenters. The van der Waals surface area contributed by atoms with Gasteiger partial charge in [-0.1, -0.05) is 18.2 Å². The molecule has 3 N–H and O–H groups in total. The summed E-state index contributed by atoms with van der Waals surface area (Å²) < 4.78 is 37.9. The van der Waals surface area contributed by atoms with E-state index in [-0.39, 0.29) is 29.8 Å². The topological polar surface area (TPSA) is 61.4 Å². The molecule has 0 heterocycles. The van der Waals surface area contributed by atoms with Crippen molar-refractivity contribution in [3.63, 3.8) is 0 Å². The van der Waals surface area contributed by atoms with Crippen LogP contribution in [0.1, 0.15) is 24.8 Å². The van der Waals surface area contributed by atoms with Gasteiger partial charge in [-0.25, -0.2) is 4.79 Å². The number of amides is 2. The lowest BCUT2D eigenvalue weighted by atomic mass is 9.85. The summed E-state index contributed by atoms with van der Waals surface area (Å²) in [6.07, 6.45) is -2.32. The number of anilines is 1. The number of carbonyl (C=O) groups excluding carboxylic acids is 1. The van der Waals surface area contributed by atoms with Gasteiger partial charge in [0.2, 0.25) is 0 Å². The number of nitrogens with one attached hydrogen (secondary N) is 2. The lowest BCUT2D eigenvalue weighted by molar-refractivity contribution is -0.127. The van der Waals surface area contributed by atoms with E-state index in [4.69, 9.17) is 0 Å². The third-order valence-electron chi connectivity index (χ3n) is 5.25. The third-order valence-corrected chi connectivity index (χ3v) is 5.25. The zero-order valence-corrected chi connectivity index (χ0v) is 13.1. The number of benzene rings is 1. The highest BCUT2D eigenvalue weighted by Crippen LogP contribution is 2.48. The van der Waals surface area contributed by atoms with Crippen LogP contribution in [0.3, 0.4) is 0 Å². The van der Waals surface area contributed by atoms with E-state index in [2.05, 4.69) is 10.6 Å². The van der Waals surface area contributed by atoms with Crippen molar-refractivity contribution in [1.82, 2.24) is 5.32 Å². The van der Waals surface area contributed by atoms with E-state index in [0.29, 0.717) is 11.8 Å². The second-order valence-corrected chi connectivity index (χ2v) is 6.75. The minimum atomic E-state index is -4.33. The lowest BCUT2D eigenvalue weighted by Gasteiger charge is -2.30. The number of fused-ring (bicyclic) bond motifs is 2. The molecule has 1 aromatic rings. The summed E-state index contributed by atoms with van der Waals surface area (Å²) in [6.45, 7) is 0.0246. The van der Waals surface area contributed by atoms with Crippen molar-refractivity contribution in [1.29, 1.82) is 0 Å². The molecule has 24 heavy (non-hydrogen) atoms. The van der Waals surface area contributed by atoms with Crippen LogP contribution >= 0.6 is 0 Å². The monoisotopic (exact) mass is 342 g/mol. The Bertz CT molecular complexity index is 606. The first kappa shape index (κ1) is 17.1. The van der Waals surface area contributed by atoms with Crippen LogP contribution in [0, 0.1) is 17.8 Å². The van der Waals surface area contributed by atoms with E-state index >= 15 is 0 Å². The van der Waals surface area contributed by atoms with Crippen molar-refractivity contribution in [2.24, 2.45) is 17.8 Å². The molecule has 2 saturated carbocycles. The molecule has 3 rings (SSSR count). The second kappa shape index (κ2) is 6.63. The van der Waals surface area contributed by atoms with E-state index in [0.717, 1.165) is 19.3 Å². The highest BCUT2D eigenvalue weighted by Gasteiger charge is 2.47. The van der Waals surface area contributed by atoms with Crippen molar-refractivity contribution in [3.05, 3.63) is 29.8 Å². The molecule has 2 aliphatic carbocycles. The van der Waals surface area contributed by atoms with Gasteiger partial charge in [-0.15, -0.1) is 0 Å². The molecular formula is C17H21F3N2O2. The van der Waals surface area contributed by atoms with Gasteiger partial charge in [0.1, 0.15) is 0 Å². The van der Waals surface area contributed by atoms with Crippen LogP contribution in [0.5, 0.6) is 0 Å². The number of para-hydroxylation sites is 1. The van der Waals surface area contributed by atoms with Crippen LogP contribution in [0.25, 0.3) is 0 Å². The van der Waals surface area contributed by atoms with Gasteiger partial charge in [-0.3, -0.25) is 0 Å². The SMILES string of the molecule is O=C(Nc1ccccc1CC(F)(F)F)N[C@@H]1[C@H]2CC[C@@H](C2)[C@H]1CO. The number of urea groups is 1. The number of alkyl halides is 3. The summed E-state index contributed by atoms with van der Waals surface area (Å²) >= 11 is 0. The minimum Gasteiger partial charge on any atom is -0.396 e. The molecule has 2 bridgehead atoms. The molecule has 0 radical (unpaired) electrons. The maximum atomic E-state index is 12.6. The summed E-state index contributed by atoms with van der Waals surface area (Å²) in [6, 6.07) is 5.30. The minimum absolute atomic E-state index is 0.0246. The Hall–Kier alpha value is -1.76. The van der Waals surface area contributed by atoms with Crippen LogP contribution in [0.4, 0.5) is 23.7 Å². The van der Waals surface area contributed by atoms with Gasteiger partial charge in [0.25, 0.3) is 0 Å². The van der Waals surface area contributed by atoms with E-state index in [1.165, 1.54) is 18.2 Å². The van der Waals surface area contributed by atoms with E-state index in [1.54, 1.807) is 6.07 Å². The van der Waals surface area contributed by atoms with Crippen molar-refractivity contribution < 1.29 is 23.1 Å². The van der Waals surface area contributed by atoms with Gasteiger partial charge in [-0.2, -0.15) is 13.2 Å². The normalized spacial score (nSPS) is 28.8. The van der Waals surface area contributed by atoms with Crippen LogP contribution in [-0.4, -0.2) is 30.0 Å². The van der Waals surface area contributed by atoms with Crippen LogP contribution < -0.4 is 10.6 Å². The van der Waals surface area contributed by atoms with Crippen LogP contribution in [0.2, 0.25) is 0 Å². The number of hydrogen-bond acceptors (Lipinski definition) is 2. The van der Waals surface area contributed by atoms with Crippen LogP contribution in [-0.2, 0) is 6.42 Å². The Kier molecular flexibility index (Phi) is 4.71. The van der Waals surface area contributed by atoms with Crippen molar-refractivity contribution in [3.8, 4) is 0 Å². The molecule has 7 heteroatoms. The molecule has 1 aromatic carbocycles. The molecule has 2 fully saturated rings. The molecule has 0 unspecified atom stereocenters. The fraction of sp³-hybridized carbons (Fsp3) is 0.588. The van der Waals surface area contributed by atoms with Crippen molar-refractivity contribution >= 4 is 11.7 Å². The van der Waals surface area contributed by atoms with E-state index < -0.39 is 18.6 Å². The highest BCUT2D eigenvalue weighted by atomic mass is 19.4. The lowest BCUT2D eigenvalue weighted by Crippen LogP contribution is -2.47. The largest absolute Gasteiger partial charge is 0.396 e. The molecule has 2 amide bonds. The summed E-state index contributed by atoms with van der Waals surface area (Å²) in [5.41, 5.74) is 0.197. The number of aliphatic hydroxyl groups is 1. The molecule has 0 saturated heterocycles. The number of halogens is 3. The first-order valence-electron chi connectivity index (χ1n) is 8.20. The zero-order chi connectivity index (χ0) is 17.3. The van der Waals surface area contributed by atoms with Gasteiger partial charge in [0.05, 0.1) is 6.42 Å². The average molecular weight is 342 g/mol. The Morgan fingerprint density at radius 3 is 2.62 bits per heavy atom. The number of carbonyl (C=O) groups is 1.